The fraction of sp³-hybridized carbons (Fsp3) is 0.500. The van der Waals surface area contributed by atoms with E-state index in [4.69, 9.17) is 0 Å². The number of hydrogen-bond donors (Lipinski definition) is 1. The normalized spacial score (nSPS) is 20.1. The molecule has 1 aliphatic heterocycles. The fourth-order valence-electron chi connectivity index (χ4n) is 2.81. The van der Waals surface area contributed by atoms with Crippen molar-refractivity contribution in [2.24, 2.45) is 0 Å². The highest BCUT2D eigenvalue weighted by Gasteiger charge is 2.25. The lowest BCUT2D eigenvalue weighted by atomic mass is 10.1. The van der Waals surface area contributed by atoms with Crippen LogP contribution in [0.1, 0.15) is 38.1 Å². The highest BCUT2D eigenvalue weighted by molar-refractivity contribution is 5.77. The molecule has 2 heterocycles. The van der Waals surface area contributed by atoms with Gasteiger partial charge in [-0.05, 0) is 38.9 Å². The summed E-state index contributed by atoms with van der Waals surface area (Å²) >= 11 is 0. The Bertz CT molecular complexity index is 568. The van der Waals surface area contributed by atoms with Gasteiger partial charge in [-0.1, -0.05) is 6.07 Å². The summed E-state index contributed by atoms with van der Waals surface area (Å²) < 4.78 is 16.0. The van der Waals surface area contributed by atoms with Crippen LogP contribution < -0.4 is 5.32 Å². The highest BCUT2D eigenvalue weighted by atomic mass is 19.1. The summed E-state index contributed by atoms with van der Waals surface area (Å²) in [6, 6.07) is 5.50. The van der Waals surface area contributed by atoms with E-state index in [-0.39, 0.29) is 5.82 Å². The van der Waals surface area contributed by atoms with Crippen LogP contribution in [0, 0.1) is 5.82 Å². The number of imidazole rings is 1. The van der Waals surface area contributed by atoms with Crippen LogP contribution in [0.2, 0.25) is 0 Å². The van der Waals surface area contributed by atoms with Gasteiger partial charge in [0.1, 0.15) is 11.3 Å². The van der Waals surface area contributed by atoms with Gasteiger partial charge in [0.2, 0.25) is 0 Å². The lowest BCUT2D eigenvalue weighted by Gasteiger charge is -2.16. The van der Waals surface area contributed by atoms with Crippen LogP contribution in [-0.2, 0) is 0 Å². The summed E-state index contributed by atoms with van der Waals surface area (Å²) in [4.78, 5) is 4.56. The zero-order valence-electron chi connectivity index (χ0n) is 10.8. The summed E-state index contributed by atoms with van der Waals surface area (Å²) in [6.07, 6.45) is 1.08. The van der Waals surface area contributed by atoms with Crippen molar-refractivity contribution in [3.63, 3.8) is 0 Å². The minimum atomic E-state index is -0.223. The van der Waals surface area contributed by atoms with Gasteiger partial charge in [0.25, 0.3) is 0 Å². The Labute approximate surface area is 106 Å². The maximum absolute atomic E-state index is 13.8. The van der Waals surface area contributed by atoms with Crippen LogP contribution in [0.4, 0.5) is 4.39 Å². The van der Waals surface area contributed by atoms with Gasteiger partial charge in [0, 0.05) is 18.5 Å². The van der Waals surface area contributed by atoms with E-state index in [1.54, 1.807) is 6.07 Å². The van der Waals surface area contributed by atoms with E-state index in [9.17, 15) is 4.39 Å². The number of aromatic nitrogens is 2. The molecule has 1 saturated heterocycles. The number of nitrogens with one attached hydrogen (secondary N) is 1. The monoisotopic (exact) mass is 247 g/mol. The van der Waals surface area contributed by atoms with E-state index < -0.39 is 0 Å². The second-order valence-electron chi connectivity index (χ2n) is 5.23. The van der Waals surface area contributed by atoms with Crippen LogP contribution in [0.3, 0.4) is 0 Å². The van der Waals surface area contributed by atoms with Gasteiger partial charge in [0.05, 0.1) is 5.52 Å². The zero-order valence-corrected chi connectivity index (χ0v) is 10.8. The summed E-state index contributed by atoms with van der Waals surface area (Å²) in [6.45, 7) is 6.21. The smallest absolute Gasteiger partial charge is 0.151 e. The lowest BCUT2D eigenvalue weighted by Crippen LogP contribution is -2.14. The van der Waals surface area contributed by atoms with Crippen LogP contribution in [-0.4, -0.2) is 22.6 Å². The number of halogens is 1. The van der Waals surface area contributed by atoms with Crippen LogP contribution in [0.25, 0.3) is 11.0 Å². The van der Waals surface area contributed by atoms with Crippen molar-refractivity contribution < 1.29 is 4.39 Å². The Kier molecular flexibility index (Phi) is 2.82. The Balaban J connectivity index is 2.23. The molecular formula is C14H18FN3. The molecule has 4 heteroatoms. The van der Waals surface area contributed by atoms with E-state index in [1.165, 1.54) is 6.07 Å². The molecule has 0 aliphatic carbocycles. The first-order valence-corrected chi connectivity index (χ1v) is 6.55. The van der Waals surface area contributed by atoms with Gasteiger partial charge in [-0.15, -0.1) is 0 Å². The van der Waals surface area contributed by atoms with Crippen LogP contribution >= 0.6 is 0 Å². The summed E-state index contributed by atoms with van der Waals surface area (Å²) in [7, 11) is 0. The van der Waals surface area contributed by atoms with Crippen molar-refractivity contribution >= 4 is 11.0 Å². The molecule has 0 bridgehead atoms. The Morgan fingerprint density at radius 1 is 1.44 bits per heavy atom. The molecule has 2 aromatic rings. The van der Waals surface area contributed by atoms with Crippen LogP contribution in [0.15, 0.2) is 18.2 Å². The zero-order chi connectivity index (χ0) is 12.7. The molecule has 1 aliphatic rings. The summed E-state index contributed by atoms with van der Waals surface area (Å²) in [5.41, 5.74) is 1.42. The second kappa shape index (κ2) is 4.35. The molecule has 18 heavy (non-hydrogen) atoms. The van der Waals surface area contributed by atoms with E-state index >= 15 is 0 Å². The number of nitrogens with zero attached hydrogens (tertiary/aromatic N) is 2. The van der Waals surface area contributed by atoms with E-state index in [0.29, 0.717) is 17.5 Å². The molecule has 1 N–H and O–H groups in total. The number of benzene rings is 1. The maximum Gasteiger partial charge on any atom is 0.151 e. The number of fused-ring (bicyclic) bond motifs is 1. The molecule has 1 aromatic carbocycles. The first-order chi connectivity index (χ1) is 8.68. The van der Waals surface area contributed by atoms with Gasteiger partial charge >= 0.3 is 0 Å². The van der Waals surface area contributed by atoms with Crippen molar-refractivity contribution in [3.8, 4) is 0 Å². The average Bonchev–Trinajstić information content (AvgIpc) is 2.95. The van der Waals surface area contributed by atoms with Gasteiger partial charge in [-0.2, -0.15) is 0 Å². The molecule has 0 spiro atoms. The largest absolute Gasteiger partial charge is 0.325 e. The average molecular weight is 247 g/mol. The lowest BCUT2D eigenvalue weighted by molar-refractivity contribution is 0.550. The summed E-state index contributed by atoms with van der Waals surface area (Å²) in [5.74, 6) is 1.20. The molecular weight excluding hydrogens is 229 g/mol. The van der Waals surface area contributed by atoms with Crippen molar-refractivity contribution in [2.45, 2.75) is 32.2 Å². The van der Waals surface area contributed by atoms with E-state index in [0.717, 1.165) is 30.9 Å². The second-order valence-corrected chi connectivity index (χ2v) is 5.23. The maximum atomic E-state index is 13.8. The molecule has 1 atom stereocenters. The van der Waals surface area contributed by atoms with Gasteiger partial charge in [0.15, 0.2) is 5.82 Å². The van der Waals surface area contributed by atoms with Crippen molar-refractivity contribution in [1.29, 1.82) is 0 Å². The third-order valence-electron chi connectivity index (χ3n) is 3.64. The predicted molar refractivity (Wildman–Crippen MR) is 70.3 cm³/mol. The number of hydrogen-bond acceptors (Lipinski definition) is 2. The predicted octanol–water partition coefficient (Wildman–Crippen LogP) is 2.83. The third kappa shape index (κ3) is 1.72. The first-order valence-electron chi connectivity index (χ1n) is 6.55. The van der Waals surface area contributed by atoms with Gasteiger partial charge in [-0.3, -0.25) is 0 Å². The molecule has 3 nitrogen and oxygen atoms in total. The molecule has 96 valence electrons. The highest BCUT2D eigenvalue weighted by Crippen LogP contribution is 2.30. The fourth-order valence-corrected chi connectivity index (χ4v) is 2.81. The Morgan fingerprint density at radius 2 is 2.28 bits per heavy atom. The van der Waals surface area contributed by atoms with Gasteiger partial charge < -0.3 is 9.88 Å². The van der Waals surface area contributed by atoms with Crippen molar-refractivity contribution in [2.75, 3.05) is 13.1 Å². The molecule has 3 rings (SSSR count). The van der Waals surface area contributed by atoms with Crippen LogP contribution in [0.5, 0.6) is 0 Å². The molecule has 0 saturated carbocycles. The SMILES string of the molecule is CC(C)n1c(C2CCNC2)nc2c(F)cccc21. The molecule has 1 aromatic heterocycles. The molecule has 0 amide bonds. The minimum Gasteiger partial charge on any atom is -0.325 e. The molecule has 1 fully saturated rings. The first kappa shape index (κ1) is 11.7. The topological polar surface area (TPSA) is 29.9 Å². The van der Waals surface area contributed by atoms with E-state index in [1.807, 2.05) is 6.07 Å². The quantitative estimate of drug-likeness (QED) is 0.884. The van der Waals surface area contributed by atoms with E-state index in [2.05, 4.69) is 28.7 Å². The van der Waals surface area contributed by atoms with Crippen molar-refractivity contribution in [3.05, 3.63) is 29.8 Å². The molecule has 0 radical (unpaired) electrons. The van der Waals surface area contributed by atoms with Gasteiger partial charge in [-0.25, -0.2) is 9.37 Å². The standard InChI is InChI=1S/C14H18FN3/c1-9(2)18-12-5-3-4-11(15)13(12)17-14(18)10-6-7-16-8-10/h3-5,9-10,16H,6-8H2,1-2H3. The third-order valence-corrected chi connectivity index (χ3v) is 3.64. The minimum absolute atomic E-state index is 0.223. The Morgan fingerprint density at radius 3 is 2.94 bits per heavy atom. The summed E-state index contributed by atoms with van der Waals surface area (Å²) in [5, 5.41) is 3.35. The molecule has 1 unspecified atom stereocenters. The number of rotatable bonds is 2. The Hall–Kier alpha value is -1.42. The van der Waals surface area contributed by atoms with Crippen molar-refractivity contribution in [1.82, 2.24) is 14.9 Å². The number of para-hydroxylation sites is 1.